The molecule has 6 nitrogen and oxygen atoms in total. The number of carbonyl (C=O) groups excluding carboxylic acids is 1. The van der Waals surface area contributed by atoms with E-state index in [1.54, 1.807) is 0 Å². The van der Waals surface area contributed by atoms with Gasteiger partial charge in [-0.25, -0.2) is 4.79 Å². The van der Waals surface area contributed by atoms with Gasteiger partial charge in [0.25, 0.3) is 0 Å². The Balaban J connectivity index is 0.00000240. The molecule has 2 atom stereocenters. The number of aryl methyl sites for hydroxylation is 1. The minimum absolute atomic E-state index is 0. The monoisotopic (exact) mass is 417 g/mol. The Hall–Kier alpha value is -2.28. The van der Waals surface area contributed by atoms with Crippen LogP contribution in [-0.4, -0.2) is 38.0 Å². The zero-order chi connectivity index (χ0) is 19.9. The van der Waals surface area contributed by atoms with E-state index in [4.69, 9.17) is 9.57 Å². The lowest BCUT2D eigenvalue weighted by molar-refractivity contribution is -0.226. The van der Waals surface area contributed by atoms with E-state index in [-0.39, 0.29) is 24.0 Å². The van der Waals surface area contributed by atoms with Gasteiger partial charge in [0.2, 0.25) is 0 Å². The molecule has 2 heterocycles. The van der Waals surface area contributed by atoms with Crippen LogP contribution in [0, 0.1) is 0 Å². The maximum Gasteiger partial charge on any atom is 0.417 e. The third kappa shape index (κ3) is 3.80. The standard InChI is InChI=1S/C22H27N3O3.ClH/c1-5-15-8-6-7-9-18(15)23-21(26)27-16-10-11-19-17(14-16)22(2)12-13-24(3)28-20(22)25(19)4;/h6-11,14,20H,5,12-13H2,1-4H3,(H,23,26);1H/t20-,22-;/m0./s1. The van der Waals surface area contributed by atoms with Gasteiger partial charge in [-0.2, -0.15) is 5.06 Å². The highest BCUT2D eigenvalue weighted by atomic mass is 35.5. The maximum absolute atomic E-state index is 12.4. The zero-order valence-electron chi connectivity index (χ0n) is 17.3. The molecule has 0 aromatic heterocycles. The van der Waals surface area contributed by atoms with Crippen molar-refractivity contribution in [3.63, 3.8) is 0 Å². The largest absolute Gasteiger partial charge is 0.417 e. The quantitative estimate of drug-likeness (QED) is 0.792. The molecule has 2 aromatic carbocycles. The van der Waals surface area contributed by atoms with Crippen LogP contribution in [0.2, 0.25) is 0 Å². The molecule has 2 aromatic rings. The van der Waals surface area contributed by atoms with E-state index in [1.165, 1.54) is 0 Å². The molecule has 2 aliphatic rings. The number of amides is 1. The molecule has 1 fully saturated rings. The van der Waals surface area contributed by atoms with Crippen molar-refractivity contribution in [2.45, 2.75) is 38.3 Å². The smallest absolute Gasteiger partial charge is 0.410 e. The number of benzene rings is 2. The number of rotatable bonds is 3. The average molecular weight is 418 g/mol. The lowest BCUT2D eigenvalue weighted by Gasteiger charge is -2.42. The number of hydrogen-bond acceptors (Lipinski definition) is 5. The summed E-state index contributed by atoms with van der Waals surface area (Å²) in [6.45, 7) is 5.14. The number of nitrogens with zero attached hydrogens (tertiary/aromatic N) is 2. The molecule has 7 heteroatoms. The zero-order valence-corrected chi connectivity index (χ0v) is 18.1. The molecule has 0 radical (unpaired) electrons. The molecule has 4 rings (SSSR count). The summed E-state index contributed by atoms with van der Waals surface area (Å²) in [4.78, 5) is 20.7. The number of nitrogens with one attached hydrogen (secondary N) is 1. The molecule has 0 unspecified atom stereocenters. The molecule has 0 aliphatic carbocycles. The second-order valence-corrected chi connectivity index (χ2v) is 7.79. The van der Waals surface area contributed by atoms with Gasteiger partial charge in [0, 0.05) is 37.4 Å². The first-order chi connectivity index (χ1) is 13.4. The van der Waals surface area contributed by atoms with Crippen LogP contribution in [0.5, 0.6) is 5.75 Å². The number of halogens is 1. The van der Waals surface area contributed by atoms with Crippen LogP contribution in [0.25, 0.3) is 0 Å². The molecule has 0 saturated carbocycles. The Kier molecular flexibility index (Phi) is 6.08. The second-order valence-electron chi connectivity index (χ2n) is 7.79. The van der Waals surface area contributed by atoms with Crippen molar-refractivity contribution in [1.29, 1.82) is 0 Å². The number of fused-ring (bicyclic) bond motifs is 3. The number of likely N-dealkylation sites (N-methyl/N-ethyl adjacent to an activating group) is 1. The Morgan fingerprint density at radius 2 is 2.03 bits per heavy atom. The normalized spacial score (nSPS) is 23.0. The Labute approximate surface area is 178 Å². The van der Waals surface area contributed by atoms with Crippen molar-refractivity contribution < 1.29 is 14.4 Å². The number of carbonyl (C=O) groups is 1. The third-order valence-corrected chi connectivity index (χ3v) is 5.93. The van der Waals surface area contributed by atoms with Crippen molar-refractivity contribution in [3.05, 3.63) is 53.6 Å². The number of hydrogen-bond donors (Lipinski definition) is 1. The van der Waals surface area contributed by atoms with Crippen LogP contribution >= 0.6 is 12.4 Å². The Morgan fingerprint density at radius 1 is 1.28 bits per heavy atom. The highest BCUT2D eigenvalue weighted by Crippen LogP contribution is 2.50. The summed E-state index contributed by atoms with van der Waals surface area (Å²) < 4.78 is 5.60. The van der Waals surface area contributed by atoms with Gasteiger partial charge in [0.05, 0.1) is 0 Å². The molecule has 2 aliphatic heterocycles. The first-order valence-electron chi connectivity index (χ1n) is 9.74. The minimum atomic E-state index is -0.478. The van der Waals surface area contributed by atoms with Gasteiger partial charge in [-0.3, -0.25) is 10.2 Å². The van der Waals surface area contributed by atoms with Crippen LogP contribution in [0.3, 0.4) is 0 Å². The van der Waals surface area contributed by atoms with E-state index in [1.807, 2.05) is 61.6 Å². The summed E-state index contributed by atoms with van der Waals surface area (Å²) in [6, 6.07) is 13.6. The van der Waals surface area contributed by atoms with Crippen molar-refractivity contribution in [2.24, 2.45) is 0 Å². The maximum atomic E-state index is 12.4. The van der Waals surface area contributed by atoms with Crippen LogP contribution in [0.4, 0.5) is 16.2 Å². The average Bonchev–Trinajstić information content (AvgIpc) is 2.90. The summed E-state index contributed by atoms with van der Waals surface area (Å²) in [5.74, 6) is 0.541. The fourth-order valence-electron chi connectivity index (χ4n) is 4.28. The highest BCUT2D eigenvalue weighted by Gasteiger charge is 2.50. The molecule has 29 heavy (non-hydrogen) atoms. The number of hydroxylamine groups is 2. The summed E-state index contributed by atoms with van der Waals surface area (Å²) >= 11 is 0. The summed E-state index contributed by atoms with van der Waals surface area (Å²) in [6.07, 6.45) is 1.29. The summed E-state index contributed by atoms with van der Waals surface area (Å²) in [5.41, 5.74) is 4.00. The van der Waals surface area contributed by atoms with E-state index in [2.05, 4.69) is 24.1 Å². The lowest BCUT2D eigenvalue weighted by Crippen LogP contribution is -2.52. The number of para-hydroxylation sites is 1. The minimum Gasteiger partial charge on any atom is -0.410 e. The van der Waals surface area contributed by atoms with Crippen molar-refractivity contribution in [2.75, 3.05) is 30.9 Å². The predicted molar refractivity (Wildman–Crippen MR) is 117 cm³/mol. The van der Waals surface area contributed by atoms with E-state index in [9.17, 15) is 4.79 Å². The number of anilines is 2. The van der Waals surface area contributed by atoms with Gasteiger partial charge in [-0.15, -0.1) is 12.4 Å². The van der Waals surface area contributed by atoms with Crippen LogP contribution < -0.4 is 15.0 Å². The van der Waals surface area contributed by atoms with Crippen LogP contribution in [-0.2, 0) is 16.7 Å². The molecule has 1 N–H and O–H groups in total. The summed E-state index contributed by atoms with van der Waals surface area (Å²) in [7, 11) is 4.01. The van der Waals surface area contributed by atoms with E-state index in [0.29, 0.717) is 5.75 Å². The van der Waals surface area contributed by atoms with Gasteiger partial charge in [-0.05, 0) is 48.2 Å². The summed E-state index contributed by atoms with van der Waals surface area (Å²) in [5, 5.41) is 4.75. The SMILES string of the molecule is CCc1ccccc1NC(=O)Oc1ccc2c(c1)[C@]1(C)CCN(C)O[C@@H]1N2C.Cl. The Bertz CT molecular complexity index is 907. The van der Waals surface area contributed by atoms with Crippen LogP contribution in [0.15, 0.2) is 42.5 Å². The second kappa shape index (κ2) is 8.22. The molecule has 1 amide bonds. The van der Waals surface area contributed by atoms with Gasteiger partial charge >= 0.3 is 6.09 Å². The Morgan fingerprint density at radius 3 is 2.79 bits per heavy atom. The topological polar surface area (TPSA) is 54.0 Å². The third-order valence-electron chi connectivity index (χ3n) is 5.93. The van der Waals surface area contributed by atoms with Gasteiger partial charge in [0.15, 0.2) is 6.23 Å². The lowest BCUT2D eigenvalue weighted by atomic mass is 9.79. The van der Waals surface area contributed by atoms with Crippen molar-refractivity contribution in [3.8, 4) is 5.75 Å². The van der Waals surface area contributed by atoms with E-state index < -0.39 is 6.09 Å². The fourth-order valence-corrected chi connectivity index (χ4v) is 4.28. The van der Waals surface area contributed by atoms with Gasteiger partial charge in [-0.1, -0.05) is 32.0 Å². The van der Waals surface area contributed by atoms with Crippen molar-refractivity contribution in [1.82, 2.24) is 5.06 Å². The molecule has 156 valence electrons. The molecular weight excluding hydrogens is 390 g/mol. The predicted octanol–water partition coefficient (Wildman–Crippen LogP) is 4.58. The number of ether oxygens (including phenoxy) is 1. The fraction of sp³-hybridized carbons (Fsp3) is 0.409. The molecule has 0 bridgehead atoms. The first kappa shape index (κ1) is 21.4. The molecular formula is C22H28ClN3O3. The first-order valence-corrected chi connectivity index (χ1v) is 9.74. The molecule has 0 spiro atoms. The van der Waals surface area contributed by atoms with E-state index >= 15 is 0 Å². The molecule has 1 saturated heterocycles. The van der Waals surface area contributed by atoms with Crippen LogP contribution in [0.1, 0.15) is 31.4 Å². The van der Waals surface area contributed by atoms with Gasteiger partial charge in [0.1, 0.15) is 5.75 Å². The van der Waals surface area contributed by atoms with Gasteiger partial charge < -0.3 is 9.64 Å². The van der Waals surface area contributed by atoms with Crippen molar-refractivity contribution >= 4 is 29.9 Å². The van der Waals surface area contributed by atoms with E-state index in [0.717, 1.165) is 41.9 Å². The highest BCUT2D eigenvalue weighted by molar-refractivity contribution is 5.87.